The summed E-state index contributed by atoms with van der Waals surface area (Å²) in [6.45, 7) is -0.619. The maximum Gasteiger partial charge on any atom is 0.435 e. The van der Waals surface area contributed by atoms with Crippen molar-refractivity contribution >= 4 is 13.8 Å². The Kier molecular flexibility index (Phi) is 5.98. The van der Waals surface area contributed by atoms with E-state index in [4.69, 9.17) is 19.6 Å². The van der Waals surface area contributed by atoms with Crippen LogP contribution >= 0.6 is 7.75 Å². The molecule has 19 heavy (non-hydrogen) atoms. The summed E-state index contributed by atoms with van der Waals surface area (Å²) < 4.78 is 16.3. The number of hydrogen-bond acceptors (Lipinski definition) is 4. The van der Waals surface area contributed by atoms with Crippen molar-refractivity contribution in [3.8, 4) is 0 Å². The molecule has 0 heterocycles. The van der Waals surface area contributed by atoms with Gasteiger partial charge in [-0.05, 0) is 12.0 Å². The van der Waals surface area contributed by atoms with Gasteiger partial charge >= 0.3 is 13.8 Å². The molecule has 0 fully saturated rings. The van der Waals surface area contributed by atoms with Gasteiger partial charge in [-0.25, -0.2) is 14.0 Å². The van der Waals surface area contributed by atoms with E-state index in [2.05, 4.69) is 0 Å². The van der Waals surface area contributed by atoms with Crippen LogP contribution < -0.4 is 0 Å². The molecule has 3 N–H and O–H groups in total. The van der Waals surface area contributed by atoms with Gasteiger partial charge in [-0.2, -0.15) is 0 Å². The molecule has 0 unspecified atom stereocenters. The number of aliphatic hydroxyl groups is 1. The minimum Gasteiger partial charge on any atom is -0.444 e. The molecule has 0 radical (unpaired) electrons. The van der Waals surface area contributed by atoms with Gasteiger partial charge in [0, 0.05) is 13.2 Å². The monoisotopic (exact) mass is 289 g/mol. The lowest BCUT2D eigenvalue weighted by Gasteiger charge is -2.22. The Bertz CT molecular complexity index is 446. The Hall–Kier alpha value is -1.40. The number of hydrogen-bond donors (Lipinski definition) is 3. The zero-order valence-electron chi connectivity index (χ0n) is 10.2. The minimum atomic E-state index is -4.74. The van der Waals surface area contributed by atoms with Crippen LogP contribution in [0, 0.1) is 0 Å². The molecule has 0 bridgehead atoms. The zero-order chi connectivity index (χ0) is 14.3. The van der Waals surface area contributed by atoms with E-state index in [-0.39, 0.29) is 26.2 Å². The maximum atomic E-state index is 11.6. The van der Waals surface area contributed by atoms with Gasteiger partial charge in [-0.15, -0.1) is 0 Å². The molecule has 0 aliphatic heterocycles. The highest BCUT2D eigenvalue weighted by molar-refractivity contribution is 7.49. The first-order valence-electron chi connectivity index (χ1n) is 5.60. The van der Waals surface area contributed by atoms with Gasteiger partial charge in [0.2, 0.25) is 0 Å². The maximum absolute atomic E-state index is 11.6. The summed E-state index contributed by atoms with van der Waals surface area (Å²) in [5, 5.41) is 8.64. The number of ether oxygens (including phenoxy) is 1. The molecule has 1 aromatic carbocycles. The van der Waals surface area contributed by atoms with Crippen LogP contribution in [0.2, 0.25) is 0 Å². The number of aliphatic hydroxyl groups excluding tert-OH is 1. The lowest BCUT2D eigenvalue weighted by atomic mass is 10.2. The van der Waals surface area contributed by atoms with Gasteiger partial charge < -0.3 is 19.6 Å². The van der Waals surface area contributed by atoms with Crippen LogP contribution in [0.15, 0.2) is 30.3 Å². The van der Waals surface area contributed by atoms with Gasteiger partial charge in [-0.1, -0.05) is 30.3 Å². The smallest absolute Gasteiger partial charge is 0.435 e. The highest BCUT2D eigenvalue weighted by atomic mass is 31.2. The Morgan fingerprint density at radius 1 is 1.26 bits per heavy atom. The highest BCUT2D eigenvalue weighted by Gasteiger charge is 2.31. The number of carbonyl (C=O) groups excluding carboxylic acids is 1. The number of amides is 1. The van der Waals surface area contributed by atoms with Crippen molar-refractivity contribution < 1.29 is 29.0 Å². The first kappa shape index (κ1) is 15.7. The van der Waals surface area contributed by atoms with Crippen LogP contribution in [-0.2, 0) is 15.9 Å². The summed E-state index contributed by atoms with van der Waals surface area (Å²) in [5.41, 5.74) is 0.712. The lowest BCUT2D eigenvalue weighted by Crippen LogP contribution is -2.30. The van der Waals surface area contributed by atoms with Crippen LogP contribution in [0.4, 0.5) is 4.79 Å². The molecular weight excluding hydrogens is 273 g/mol. The third kappa shape index (κ3) is 5.40. The van der Waals surface area contributed by atoms with Crippen molar-refractivity contribution in [2.24, 2.45) is 0 Å². The molecule has 1 aromatic rings. The number of nitrogens with zero attached hydrogens (tertiary/aromatic N) is 1. The van der Waals surface area contributed by atoms with E-state index in [0.29, 0.717) is 10.2 Å². The number of benzene rings is 1. The van der Waals surface area contributed by atoms with Crippen LogP contribution in [0.5, 0.6) is 0 Å². The summed E-state index contributed by atoms with van der Waals surface area (Å²) in [7, 11) is -4.74. The van der Waals surface area contributed by atoms with E-state index < -0.39 is 13.8 Å². The molecule has 1 rings (SSSR count). The molecule has 0 saturated carbocycles. The predicted octanol–water partition coefficient (Wildman–Crippen LogP) is 1.10. The van der Waals surface area contributed by atoms with E-state index >= 15 is 0 Å². The minimum absolute atomic E-state index is 0.0611. The summed E-state index contributed by atoms with van der Waals surface area (Å²) in [4.78, 5) is 29.7. The molecular formula is C11H16NO6P. The molecule has 106 valence electrons. The fraction of sp³-hybridized carbons (Fsp3) is 0.364. The molecule has 0 aliphatic rings. The van der Waals surface area contributed by atoms with Gasteiger partial charge in [0.1, 0.15) is 6.61 Å². The molecule has 0 atom stereocenters. The third-order valence-electron chi connectivity index (χ3n) is 2.26. The molecule has 0 spiro atoms. The zero-order valence-corrected chi connectivity index (χ0v) is 11.1. The molecule has 8 heteroatoms. The van der Waals surface area contributed by atoms with E-state index in [1.165, 1.54) is 0 Å². The van der Waals surface area contributed by atoms with Gasteiger partial charge in [0.05, 0.1) is 0 Å². The predicted molar refractivity (Wildman–Crippen MR) is 67.1 cm³/mol. The second-order valence-corrected chi connectivity index (χ2v) is 5.26. The summed E-state index contributed by atoms with van der Waals surface area (Å²) >= 11 is 0. The van der Waals surface area contributed by atoms with E-state index in [9.17, 15) is 9.36 Å². The second kappa shape index (κ2) is 7.25. The SMILES string of the molecule is O=C(OCc1ccccc1)N(CCCO)P(=O)(O)O. The third-order valence-corrected chi connectivity index (χ3v) is 3.25. The lowest BCUT2D eigenvalue weighted by molar-refractivity contribution is 0.108. The fourth-order valence-corrected chi connectivity index (χ4v) is 2.01. The van der Waals surface area contributed by atoms with Crippen molar-refractivity contribution in [1.29, 1.82) is 0 Å². The number of carbonyl (C=O) groups is 1. The summed E-state index contributed by atoms with van der Waals surface area (Å²) in [6, 6.07) is 8.77. The van der Waals surface area contributed by atoms with Crippen molar-refractivity contribution in [2.45, 2.75) is 13.0 Å². The van der Waals surface area contributed by atoms with Crippen LogP contribution in [0.25, 0.3) is 0 Å². The van der Waals surface area contributed by atoms with Crippen LogP contribution in [0.3, 0.4) is 0 Å². The van der Waals surface area contributed by atoms with Gasteiger partial charge in [-0.3, -0.25) is 0 Å². The standard InChI is InChI=1S/C11H16NO6P/c13-8-4-7-12(19(15,16)17)11(14)18-9-10-5-2-1-3-6-10/h1-3,5-6,13H,4,7-9H2,(H2,15,16,17). The second-order valence-electron chi connectivity index (χ2n) is 3.75. The van der Waals surface area contributed by atoms with Gasteiger partial charge in [0.25, 0.3) is 0 Å². The Balaban J connectivity index is 2.60. The fourth-order valence-electron chi connectivity index (χ4n) is 1.34. The molecule has 0 aromatic heterocycles. The molecule has 1 amide bonds. The average Bonchev–Trinajstić information content (AvgIpc) is 2.36. The van der Waals surface area contributed by atoms with Crippen molar-refractivity contribution in [3.05, 3.63) is 35.9 Å². The van der Waals surface area contributed by atoms with Crippen molar-refractivity contribution in [1.82, 2.24) is 4.67 Å². The van der Waals surface area contributed by atoms with E-state index in [1.807, 2.05) is 0 Å². The first-order chi connectivity index (χ1) is 8.95. The summed E-state index contributed by atoms with van der Waals surface area (Å²) in [5.74, 6) is 0. The Morgan fingerprint density at radius 3 is 2.42 bits per heavy atom. The average molecular weight is 289 g/mol. The topological polar surface area (TPSA) is 107 Å². The van der Waals surface area contributed by atoms with Crippen LogP contribution in [-0.4, -0.2) is 38.8 Å². The van der Waals surface area contributed by atoms with Gasteiger partial charge in [0.15, 0.2) is 0 Å². The largest absolute Gasteiger partial charge is 0.444 e. The number of rotatable bonds is 6. The summed E-state index contributed by atoms with van der Waals surface area (Å²) in [6.07, 6.45) is -1.04. The van der Waals surface area contributed by atoms with E-state index in [1.54, 1.807) is 30.3 Å². The van der Waals surface area contributed by atoms with Crippen molar-refractivity contribution in [2.75, 3.05) is 13.2 Å². The van der Waals surface area contributed by atoms with E-state index in [0.717, 1.165) is 0 Å². The quantitative estimate of drug-likeness (QED) is 0.677. The molecule has 0 aliphatic carbocycles. The molecule has 7 nitrogen and oxygen atoms in total. The Morgan fingerprint density at radius 2 is 1.89 bits per heavy atom. The normalized spacial score (nSPS) is 11.1. The Labute approximate surface area is 110 Å². The van der Waals surface area contributed by atoms with Crippen molar-refractivity contribution in [3.63, 3.8) is 0 Å². The highest BCUT2D eigenvalue weighted by Crippen LogP contribution is 2.40. The van der Waals surface area contributed by atoms with Crippen LogP contribution in [0.1, 0.15) is 12.0 Å². The first-order valence-corrected chi connectivity index (χ1v) is 7.16. The molecule has 0 saturated heterocycles.